The van der Waals surface area contributed by atoms with Gasteiger partial charge in [-0.15, -0.1) is 11.3 Å². The lowest BCUT2D eigenvalue weighted by Crippen LogP contribution is -2.29. The quantitative estimate of drug-likeness (QED) is 0.445. The van der Waals surface area contributed by atoms with Gasteiger partial charge in [-0.25, -0.2) is 4.98 Å². The molecule has 4 aromatic rings. The van der Waals surface area contributed by atoms with Gasteiger partial charge in [0.1, 0.15) is 11.3 Å². The van der Waals surface area contributed by atoms with Crippen molar-refractivity contribution in [2.24, 2.45) is 5.73 Å². The third-order valence-corrected chi connectivity index (χ3v) is 6.94. The van der Waals surface area contributed by atoms with Crippen LogP contribution in [0, 0.1) is 13.8 Å². The molecule has 0 saturated heterocycles. The number of nitrogens with zero attached hydrogens (tertiary/aromatic N) is 2. The third kappa shape index (κ3) is 3.63. The summed E-state index contributed by atoms with van der Waals surface area (Å²) in [4.78, 5) is 45.2. The van der Waals surface area contributed by atoms with E-state index in [1.807, 2.05) is 13.8 Å². The summed E-state index contributed by atoms with van der Waals surface area (Å²) < 4.78 is 11.3. The molecule has 5 rings (SSSR count). The number of thiazole rings is 1. The highest BCUT2D eigenvalue weighted by atomic mass is 35.5. The minimum absolute atomic E-state index is 0.0237. The molecule has 10 heteroatoms. The molecule has 2 N–H and O–H groups in total. The number of fused-ring (bicyclic) bond motifs is 2. The summed E-state index contributed by atoms with van der Waals surface area (Å²) in [7, 11) is 0. The van der Waals surface area contributed by atoms with E-state index in [-0.39, 0.29) is 28.9 Å². The van der Waals surface area contributed by atoms with Crippen molar-refractivity contribution in [1.82, 2.24) is 4.98 Å². The summed E-state index contributed by atoms with van der Waals surface area (Å²) in [5.41, 5.74) is 6.76. The predicted octanol–water partition coefficient (Wildman–Crippen LogP) is 4.13. The van der Waals surface area contributed by atoms with E-state index in [1.165, 1.54) is 22.3 Å². The van der Waals surface area contributed by atoms with Crippen LogP contribution in [0.5, 0.6) is 5.75 Å². The second-order valence-corrected chi connectivity index (χ2v) is 9.47. The zero-order chi connectivity index (χ0) is 24.1. The summed E-state index contributed by atoms with van der Waals surface area (Å²) in [5, 5.41) is 1.14. The number of ether oxygens (including phenoxy) is 1. The van der Waals surface area contributed by atoms with Crippen LogP contribution in [-0.4, -0.2) is 23.4 Å². The molecule has 2 amide bonds. The maximum absolute atomic E-state index is 13.6. The van der Waals surface area contributed by atoms with Gasteiger partial charge >= 0.3 is 0 Å². The number of aromatic nitrogens is 1. The Balaban J connectivity index is 1.70. The number of anilines is 1. The Bertz CT molecular complexity index is 1510. The Morgan fingerprint density at radius 3 is 2.59 bits per heavy atom. The number of amides is 2. The Kier molecular flexibility index (Phi) is 5.38. The second-order valence-electron chi connectivity index (χ2n) is 7.85. The van der Waals surface area contributed by atoms with Gasteiger partial charge in [-0.1, -0.05) is 23.7 Å². The largest absolute Gasteiger partial charge is 0.484 e. The first-order chi connectivity index (χ1) is 16.2. The molecule has 3 heterocycles. The van der Waals surface area contributed by atoms with E-state index in [4.69, 9.17) is 26.5 Å². The highest BCUT2D eigenvalue weighted by Gasteiger charge is 2.45. The Morgan fingerprint density at radius 1 is 1.21 bits per heavy atom. The Morgan fingerprint density at radius 2 is 1.94 bits per heavy atom. The number of rotatable bonds is 5. The van der Waals surface area contributed by atoms with Gasteiger partial charge in [-0.05, 0) is 49.7 Å². The molecule has 8 nitrogen and oxygen atoms in total. The number of halogens is 1. The molecule has 2 aromatic heterocycles. The van der Waals surface area contributed by atoms with Crippen molar-refractivity contribution in [3.8, 4) is 5.75 Å². The molecule has 0 bridgehead atoms. The van der Waals surface area contributed by atoms with Crippen molar-refractivity contribution in [2.45, 2.75) is 19.9 Å². The average Bonchev–Trinajstić information content (AvgIpc) is 3.29. The minimum atomic E-state index is -0.766. The van der Waals surface area contributed by atoms with Gasteiger partial charge < -0.3 is 14.9 Å². The first-order valence-corrected chi connectivity index (χ1v) is 11.5. The molecular formula is C24H18ClN3O5S. The van der Waals surface area contributed by atoms with Crippen LogP contribution in [-0.2, 0) is 4.79 Å². The van der Waals surface area contributed by atoms with Crippen molar-refractivity contribution in [3.63, 3.8) is 0 Å². The topological polar surface area (TPSA) is 116 Å². The molecule has 0 radical (unpaired) electrons. The third-order valence-electron chi connectivity index (χ3n) is 5.63. The van der Waals surface area contributed by atoms with Crippen molar-refractivity contribution in [3.05, 3.63) is 85.2 Å². The zero-order valence-electron chi connectivity index (χ0n) is 18.1. The van der Waals surface area contributed by atoms with E-state index in [2.05, 4.69) is 4.98 Å². The fraction of sp³-hybridized carbons (Fsp3) is 0.167. The summed E-state index contributed by atoms with van der Waals surface area (Å²) in [6.07, 6.45) is 0. The normalized spacial score (nSPS) is 15.1. The zero-order valence-corrected chi connectivity index (χ0v) is 19.7. The molecular weight excluding hydrogens is 478 g/mol. The number of hydrogen-bond donors (Lipinski definition) is 1. The van der Waals surface area contributed by atoms with Crippen LogP contribution in [0.25, 0.3) is 11.0 Å². The maximum atomic E-state index is 13.6. The van der Waals surface area contributed by atoms with E-state index in [1.54, 1.807) is 36.4 Å². The van der Waals surface area contributed by atoms with Crippen molar-refractivity contribution >= 4 is 50.9 Å². The lowest BCUT2D eigenvalue weighted by Gasteiger charge is -2.22. The number of carbonyl (C=O) groups excluding carboxylic acids is 2. The molecule has 0 saturated carbocycles. The Hall–Kier alpha value is -3.69. The summed E-state index contributed by atoms with van der Waals surface area (Å²) in [6, 6.07) is 10.7. The van der Waals surface area contributed by atoms with Gasteiger partial charge in [0.25, 0.3) is 11.8 Å². The number of primary amides is 1. The lowest BCUT2D eigenvalue weighted by atomic mass is 9.98. The molecule has 172 valence electrons. The summed E-state index contributed by atoms with van der Waals surface area (Å²) >= 11 is 7.49. The monoisotopic (exact) mass is 495 g/mol. The maximum Gasteiger partial charge on any atom is 0.297 e. The number of nitrogens with two attached hydrogens (primary N) is 1. The lowest BCUT2D eigenvalue weighted by molar-refractivity contribution is -0.119. The standard InChI is InChI=1S/C24H18ClN3O5S/c1-11-12(2)34-24(27-11)28-20(13-3-6-15(7-4-13)32-10-18(26)29)19-21(30)16-9-14(25)5-8-17(16)33-22(19)23(28)31/h3-9,20H,10H2,1-2H3,(H2,26,29). The van der Waals surface area contributed by atoms with E-state index >= 15 is 0 Å². The number of benzene rings is 2. The molecule has 1 aliphatic rings. The predicted molar refractivity (Wildman–Crippen MR) is 129 cm³/mol. The van der Waals surface area contributed by atoms with Crippen LogP contribution in [0.3, 0.4) is 0 Å². The molecule has 1 unspecified atom stereocenters. The molecule has 2 aromatic carbocycles. The number of hydrogen-bond acceptors (Lipinski definition) is 7. The van der Waals surface area contributed by atoms with Crippen LogP contribution in [0.15, 0.2) is 51.7 Å². The summed E-state index contributed by atoms with van der Waals surface area (Å²) in [5.74, 6) is -0.638. The van der Waals surface area contributed by atoms with Crippen molar-refractivity contribution < 1.29 is 18.7 Å². The molecule has 1 aliphatic heterocycles. The smallest absolute Gasteiger partial charge is 0.297 e. The molecule has 0 aliphatic carbocycles. The van der Waals surface area contributed by atoms with Crippen LogP contribution in [0.1, 0.15) is 38.3 Å². The fourth-order valence-electron chi connectivity index (χ4n) is 3.92. The first kappa shape index (κ1) is 22.1. The van der Waals surface area contributed by atoms with Crippen LogP contribution in [0.2, 0.25) is 5.02 Å². The van der Waals surface area contributed by atoms with Crippen LogP contribution < -0.4 is 20.8 Å². The van der Waals surface area contributed by atoms with Gasteiger partial charge in [0, 0.05) is 9.90 Å². The summed E-state index contributed by atoms with van der Waals surface area (Å²) in [6.45, 7) is 3.52. The van der Waals surface area contributed by atoms with Gasteiger partial charge in [0.05, 0.1) is 22.7 Å². The van der Waals surface area contributed by atoms with Crippen LogP contribution >= 0.6 is 22.9 Å². The van der Waals surface area contributed by atoms with Crippen molar-refractivity contribution in [1.29, 1.82) is 0 Å². The number of aryl methyl sites for hydroxylation is 2. The van der Waals surface area contributed by atoms with Gasteiger partial charge in [-0.2, -0.15) is 0 Å². The van der Waals surface area contributed by atoms with Crippen molar-refractivity contribution in [2.75, 3.05) is 11.5 Å². The molecule has 0 spiro atoms. The SMILES string of the molecule is Cc1nc(N2C(=O)c3oc4ccc(Cl)cc4c(=O)c3C2c2ccc(OCC(N)=O)cc2)sc1C. The highest BCUT2D eigenvalue weighted by Crippen LogP contribution is 2.43. The van der Waals surface area contributed by atoms with E-state index in [9.17, 15) is 14.4 Å². The average molecular weight is 496 g/mol. The van der Waals surface area contributed by atoms with Crippen LogP contribution in [0.4, 0.5) is 5.13 Å². The number of carbonyl (C=O) groups is 2. The van der Waals surface area contributed by atoms with E-state index in [0.717, 1.165) is 10.6 Å². The second kappa shape index (κ2) is 8.27. The fourth-order valence-corrected chi connectivity index (χ4v) is 5.03. The molecule has 1 atom stereocenters. The van der Waals surface area contributed by atoms with E-state index < -0.39 is 17.9 Å². The minimum Gasteiger partial charge on any atom is -0.484 e. The first-order valence-electron chi connectivity index (χ1n) is 10.3. The Labute approximate surface area is 202 Å². The highest BCUT2D eigenvalue weighted by molar-refractivity contribution is 7.15. The van der Waals surface area contributed by atoms with Gasteiger partial charge in [0.2, 0.25) is 5.76 Å². The van der Waals surface area contributed by atoms with Gasteiger partial charge in [-0.3, -0.25) is 19.3 Å². The van der Waals surface area contributed by atoms with E-state index in [0.29, 0.717) is 26.9 Å². The van der Waals surface area contributed by atoms with Gasteiger partial charge in [0.15, 0.2) is 17.2 Å². The molecule has 34 heavy (non-hydrogen) atoms. The molecule has 0 fully saturated rings.